The summed E-state index contributed by atoms with van der Waals surface area (Å²) in [6.45, 7) is -4.48. The lowest BCUT2D eigenvalue weighted by atomic mass is 9.80. The largest absolute Gasteiger partial charge is 0.509 e. The fourth-order valence-electron chi connectivity index (χ4n) is 1.71. The maximum Gasteiger partial charge on any atom is 0.509 e. The van der Waals surface area contributed by atoms with Crippen molar-refractivity contribution in [2.45, 2.75) is 6.42 Å². The highest BCUT2D eigenvalue weighted by atomic mass is 19.4. The molecule has 2 aromatic carbocycles. The van der Waals surface area contributed by atoms with Crippen LogP contribution in [-0.4, -0.2) is 13.6 Å². The SMILES string of the molecule is F[B-](F)(F)c1ccc(OCCc2ccccc2)cc1. The van der Waals surface area contributed by atoms with Crippen molar-refractivity contribution < 1.29 is 17.7 Å². The van der Waals surface area contributed by atoms with Crippen LogP contribution in [0.15, 0.2) is 54.6 Å². The van der Waals surface area contributed by atoms with Crippen molar-refractivity contribution in [3.05, 3.63) is 60.2 Å². The van der Waals surface area contributed by atoms with Gasteiger partial charge >= 0.3 is 6.98 Å². The molecule has 5 heteroatoms. The zero-order valence-electron chi connectivity index (χ0n) is 10.2. The number of rotatable bonds is 5. The van der Waals surface area contributed by atoms with E-state index in [1.807, 2.05) is 30.3 Å². The molecule has 0 aliphatic carbocycles. The number of ether oxygens (including phenoxy) is 1. The normalized spacial score (nSPS) is 11.3. The molecule has 0 saturated carbocycles. The van der Waals surface area contributed by atoms with E-state index >= 15 is 0 Å². The minimum atomic E-state index is -4.93. The highest BCUT2D eigenvalue weighted by Crippen LogP contribution is 2.14. The summed E-state index contributed by atoms with van der Waals surface area (Å²) in [5.41, 5.74) is 0.535. The van der Waals surface area contributed by atoms with E-state index in [1.54, 1.807) is 0 Å². The molecule has 0 heterocycles. The van der Waals surface area contributed by atoms with Gasteiger partial charge in [-0.3, -0.25) is 0 Å². The van der Waals surface area contributed by atoms with Crippen molar-refractivity contribution in [1.29, 1.82) is 0 Å². The van der Waals surface area contributed by atoms with Gasteiger partial charge in [-0.15, -0.1) is 5.46 Å². The molecular weight excluding hydrogens is 252 g/mol. The van der Waals surface area contributed by atoms with Crippen LogP contribution in [0, 0.1) is 0 Å². The van der Waals surface area contributed by atoms with Gasteiger partial charge in [0.05, 0.1) is 6.61 Å². The molecule has 0 aliphatic rings. The first-order valence-electron chi connectivity index (χ1n) is 6.02. The van der Waals surface area contributed by atoms with E-state index in [9.17, 15) is 12.9 Å². The van der Waals surface area contributed by atoms with Crippen molar-refractivity contribution >= 4 is 12.4 Å². The van der Waals surface area contributed by atoms with E-state index in [1.165, 1.54) is 12.1 Å². The first-order valence-corrected chi connectivity index (χ1v) is 6.02. The Labute approximate surface area is 110 Å². The van der Waals surface area contributed by atoms with Crippen LogP contribution in [0.2, 0.25) is 0 Å². The summed E-state index contributed by atoms with van der Waals surface area (Å²) in [6.07, 6.45) is 0.728. The molecule has 0 spiro atoms. The molecule has 0 aliphatic heterocycles. The average Bonchev–Trinajstić information content (AvgIpc) is 2.39. The summed E-state index contributed by atoms with van der Waals surface area (Å²) >= 11 is 0. The second-order valence-electron chi connectivity index (χ2n) is 4.23. The molecule has 0 atom stereocenters. The van der Waals surface area contributed by atoms with E-state index in [0.717, 1.165) is 24.1 Å². The van der Waals surface area contributed by atoms with Gasteiger partial charge in [-0.2, -0.15) is 0 Å². The standard InChI is InChI=1S/C14H13BF3O/c16-15(17,18)13-6-8-14(9-7-13)19-11-10-12-4-2-1-3-5-12/h1-9H,10-11H2/q-1. The lowest BCUT2D eigenvalue weighted by Gasteiger charge is -2.15. The summed E-state index contributed by atoms with van der Waals surface area (Å²) in [5.74, 6) is 0.458. The quantitative estimate of drug-likeness (QED) is 0.753. The number of hydrogen-bond acceptors (Lipinski definition) is 1. The summed E-state index contributed by atoms with van der Waals surface area (Å²) < 4.78 is 42.7. The maximum atomic E-state index is 12.4. The van der Waals surface area contributed by atoms with Gasteiger partial charge in [0.15, 0.2) is 0 Å². The molecule has 0 amide bonds. The van der Waals surface area contributed by atoms with Crippen LogP contribution >= 0.6 is 0 Å². The Hall–Kier alpha value is -1.91. The van der Waals surface area contributed by atoms with Crippen LogP contribution in [0.3, 0.4) is 0 Å². The zero-order valence-corrected chi connectivity index (χ0v) is 10.2. The molecule has 1 nitrogen and oxygen atoms in total. The third kappa shape index (κ3) is 4.05. The lowest BCUT2D eigenvalue weighted by molar-refractivity contribution is 0.322. The van der Waals surface area contributed by atoms with Gasteiger partial charge in [0.1, 0.15) is 5.75 Å². The van der Waals surface area contributed by atoms with E-state index in [2.05, 4.69) is 0 Å². The summed E-state index contributed by atoms with van der Waals surface area (Å²) in [6, 6.07) is 14.6. The van der Waals surface area contributed by atoms with E-state index in [4.69, 9.17) is 4.74 Å². The Balaban J connectivity index is 1.87. The summed E-state index contributed by atoms with van der Waals surface area (Å²) in [5, 5.41) is 0. The Morgan fingerprint density at radius 1 is 0.842 bits per heavy atom. The highest BCUT2D eigenvalue weighted by Gasteiger charge is 2.24. The third-order valence-corrected chi connectivity index (χ3v) is 2.76. The monoisotopic (exact) mass is 265 g/mol. The Bertz CT molecular complexity index is 508. The fraction of sp³-hybridized carbons (Fsp3) is 0.143. The molecule has 0 unspecified atom stereocenters. The molecule has 100 valence electrons. The lowest BCUT2D eigenvalue weighted by Crippen LogP contribution is -2.33. The molecule has 2 rings (SSSR count). The van der Waals surface area contributed by atoms with Crippen LogP contribution in [0.4, 0.5) is 12.9 Å². The van der Waals surface area contributed by atoms with Gasteiger partial charge < -0.3 is 17.7 Å². The van der Waals surface area contributed by atoms with Gasteiger partial charge in [0, 0.05) is 6.42 Å². The van der Waals surface area contributed by atoms with Crippen LogP contribution < -0.4 is 10.2 Å². The Kier molecular flexibility index (Phi) is 4.15. The summed E-state index contributed by atoms with van der Waals surface area (Å²) in [7, 11) is 0. The second kappa shape index (κ2) is 5.82. The van der Waals surface area contributed by atoms with Gasteiger partial charge in [-0.05, 0) is 17.7 Å². The van der Waals surface area contributed by atoms with E-state index in [-0.39, 0.29) is 0 Å². The van der Waals surface area contributed by atoms with Crippen LogP contribution in [-0.2, 0) is 6.42 Å². The van der Waals surface area contributed by atoms with Crippen LogP contribution in [0.25, 0.3) is 0 Å². The topological polar surface area (TPSA) is 9.23 Å². The number of halogens is 3. The van der Waals surface area contributed by atoms with Crippen molar-refractivity contribution in [3.8, 4) is 5.75 Å². The minimum absolute atomic E-state index is 0.445. The Morgan fingerprint density at radius 3 is 2.05 bits per heavy atom. The molecule has 0 radical (unpaired) electrons. The number of benzene rings is 2. The first kappa shape index (κ1) is 13.5. The first-order chi connectivity index (χ1) is 9.05. The molecule has 0 bridgehead atoms. The van der Waals surface area contributed by atoms with Crippen molar-refractivity contribution in [3.63, 3.8) is 0 Å². The summed E-state index contributed by atoms with van der Waals surface area (Å²) in [4.78, 5) is 0. The average molecular weight is 265 g/mol. The molecule has 2 aromatic rings. The zero-order chi connectivity index (χ0) is 13.7. The van der Waals surface area contributed by atoms with E-state index < -0.39 is 12.4 Å². The van der Waals surface area contributed by atoms with E-state index in [0.29, 0.717) is 12.4 Å². The molecule has 0 fully saturated rings. The predicted octanol–water partition coefficient (Wildman–Crippen LogP) is 3.36. The van der Waals surface area contributed by atoms with Gasteiger partial charge in [0.2, 0.25) is 0 Å². The smallest absolute Gasteiger partial charge is 0.493 e. The second-order valence-corrected chi connectivity index (χ2v) is 4.23. The highest BCUT2D eigenvalue weighted by molar-refractivity contribution is 6.73. The van der Waals surface area contributed by atoms with Crippen molar-refractivity contribution in [2.75, 3.05) is 6.61 Å². The fourth-order valence-corrected chi connectivity index (χ4v) is 1.71. The molecular formula is C14H13BF3O-. The number of hydrogen-bond donors (Lipinski definition) is 0. The van der Waals surface area contributed by atoms with Crippen LogP contribution in [0.5, 0.6) is 5.75 Å². The van der Waals surface area contributed by atoms with Crippen molar-refractivity contribution in [1.82, 2.24) is 0 Å². The van der Waals surface area contributed by atoms with Gasteiger partial charge in [0.25, 0.3) is 0 Å². The van der Waals surface area contributed by atoms with Gasteiger partial charge in [-0.1, -0.05) is 42.5 Å². The molecule has 19 heavy (non-hydrogen) atoms. The minimum Gasteiger partial charge on any atom is -0.493 e. The van der Waals surface area contributed by atoms with Crippen LogP contribution in [0.1, 0.15) is 5.56 Å². The Morgan fingerprint density at radius 2 is 1.47 bits per heavy atom. The maximum absolute atomic E-state index is 12.4. The van der Waals surface area contributed by atoms with Crippen molar-refractivity contribution in [2.24, 2.45) is 0 Å². The molecule has 0 aromatic heterocycles. The molecule has 0 saturated heterocycles. The molecule has 0 N–H and O–H groups in total. The third-order valence-electron chi connectivity index (χ3n) is 2.76. The predicted molar refractivity (Wildman–Crippen MR) is 70.8 cm³/mol. The van der Waals surface area contributed by atoms with Gasteiger partial charge in [-0.25, -0.2) is 0 Å².